The molecule has 0 amide bonds. The Labute approximate surface area is 212 Å². The average molecular weight is 511 g/mol. The highest BCUT2D eigenvalue weighted by atomic mass is 35.5. The zero-order chi connectivity index (χ0) is 24.7. The van der Waals surface area contributed by atoms with Gasteiger partial charge < -0.3 is 14.6 Å². The zero-order valence-electron chi connectivity index (χ0n) is 19.9. The summed E-state index contributed by atoms with van der Waals surface area (Å²) in [5, 5.41) is 4.04. The second-order valence-corrected chi connectivity index (χ2v) is 10.5. The van der Waals surface area contributed by atoms with Gasteiger partial charge in [-0.1, -0.05) is 11.6 Å². The predicted octanol–water partition coefficient (Wildman–Crippen LogP) is 4.53. The summed E-state index contributed by atoms with van der Waals surface area (Å²) in [5.74, 6) is 0.826. The molecule has 4 heterocycles. The second-order valence-electron chi connectivity index (χ2n) is 9.00. The van der Waals surface area contributed by atoms with Crippen LogP contribution in [-0.4, -0.2) is 33.3 Å². The fourth-order valence-corrected chi connectivity index (χ4v) is 6.07. The van der Waals surface area contributed by atoms with Gasteiger partial charge in [-0.3, -0.25) is 14.3 Å². The SMILES string of the molecule is Cc1cc(Cl)cc(-c2ccnc3cc([C@H](C)n4c(=O)ccn(C)c4=O)sc23)c1O[C@H]1CCCNC1. The van der Waals surface area contributed by atoms with Crippen LogP contribution in [0.25, 0.3) is 21.3 Å². The Kier molecular flexibility index (Phi) is 6.53. The number of pyridine rings is 1. The summed E-state index contributed by atoms with van der Waals surface area (Å²) >= 11 is 8.03. The number of nitrogens with one attached hydrogen (secondary N) is 1. The summed E-state index contributed by atoms with van der Waals surface area (Å²) < 4.78 is 10.2. The van der Waals surface area contributed by atoms with Crippen LogP contribution in [0.5, 0.6) is 5.75 Å². The van der Waals surface area contributed by atoms with Gasteiger partial charge in [0.1, 0.15) is 11.9 Å². The van der Waals surface area contributed by atoms with E-state index in [0.29, 0.717) is 5.02 Å². The first-order chi connectivity index (χ1) is 16.8. The number of piperidine rings is 1. The van der Waals surface area contributed by atoms with E-state index in [4.69, 9.17) is 16.3 Å². The van der Waals surface area contributed by atoms with Crippen molar-refractivity contribution < 1.29 is 4.74 Å². The molecule has 35 heavy (non-hydrogen) atoms. The van der Waals surface area contributed by atoms with Gasteiger partial charge in [0.25, 0.3) is 5.56 Å². The highest BCUT2D eigenvalue weighted by Crippen LogP contribution is 2.42. The van der Waals surface area contributed by atoms with Crippen LogP contribution in [0.2, 0.25) is 5.02 Å². The standard InChI is InChI=1S/C26H27ClN4O3S/c1-15-11-17(27)12-20(24(15)34-18-5-4-8-28-14-18)19-6-9-29-21-13-22(35-25(19)21)16(2)31-23(32)7-10-30(3)26(31)33/h6-7,9-13,16,18,28H,4-5,8,14H2,1-3H3/t16-,18-/m0/s1. The van der Waals surface area contributed by atoms with E-state index in [1.54, 1.807) is 13.2 Å². The molecule has 7 nitrogen and oxygen atoms in total. The minimum atomic E-state index is -0.431. The van der Waals surface area contributed by atoms with E-state index in [0.717, 1.165) is 63.5 Å². The smallest absolute Gasteiger partial charge is 0.331 e. The van der Waals surface area contributed by atoms with Crippen molar-refractivity contribution in [3.05, 3.63) is 79.0 Å². The number of rotatable bonds is 5. The van der Waals surface area contributed by atoms with Crippen LogP contribution in [0, 0.1) is 6.92 Å². The molecular formula is C26H27ClN4O3S. The van der Waals surface area contributed by atoms with Gasteiger partial charge in [0.15, 0.2) is 0 Å². The molecule has 1 fully saturated rings. The van der Waals surface area contributed by atoms with Crippen LogP contribution in [0.4, 0.5) is 0 Å². The highest BCUT2D eigenvalue weighted by Gasteiger charge is 2.22. The first kappa shape index (κ1) is 23.8. The summed E-state index contributed by atoms with van der Waals surface area (Å²) in [7, 11) is 1.64. The Morgan fingerprint density at radius 1 is 1.23 bits per heavy atom. The maximum atomic E-state index is 12.7. The average Bonchev–Trinajstić information content (AvgIpc) is 3.28. The molecule has 3 aromatic heterocycles. The molecule has 0 bridgehead atoms. The van der Waals surface area contributed by atoms with Gasteiger partial charge in [0.2, 0.25) is 0 Å². The third-order valence-electron chi connectivity index (χ3n) is 6.48. The van der Waals surface area contributed by atoms with Crippen molar-refractivity contribution in [3.8, 4) is 16.9 Å². The van der Waals surface area contributed by atoms with Crippen molar-refractivity contribution in [3.63, 3.8) is 0 Å². The third-order valence-corrected chi connectivity index (χ3v) is 8.03. The molecular weight excluding hydrogens is 484 g/mol. The third kappa shape index (κ3) is 4.53. The lowest BCUT2D eigenvalue weighted by Gasteiger charge is -2.26. The molecule has 5 rings (SSSR count). The van der Waals surface area contributed by atoms with E-state index in [1.807, 2.05) is 38.1 Å². The summed E-state index contributed by atoms with van der Waals surface area (Å²) in [4.78, 5) is 30.7. The van der Waals surface area contributed by atoms with E-state index in [1.165, 1.54) is 32.7 Å². The molecule has 1 N–H and O–H groups in total. The van der Waals surface area contributed by atoms with Crippen LogP contribution < -0.4 is 21.3 Å². The van der Waals surface area contributed by atoms with Crippen molar-refractivity contribution in [2.45, 2.75) is 38.8 Å². The van der Waals surface area contributed by atoms with E-state index < -0.39 is 6.04 Å². The van der Waals surface area contributed by atoms with Crippen LogP contribution in [0.1, 0.15) is 36.2 Å². The molecule has 4 aromatic rings. The molecule has 0 aliphatic carbocycles. The number of hydrogen-bond acceptors (Lipinski definition) is 6. The van der Waals surface area contributed by atoms with E-state index in [-0.39, 0.29) is 17.4 Å². The number of hydrogen-bond donors (Lipinski definition) is 1. The molecule has 1 aliphatic heterocycles. The van der Waals surface area contributed by atoms with Crippen LogP contribution in [-0.2, 0) is 7.05 Å². The van der Waals surface area contributed by atoms with Crippen molar-refractivity contribution in [2.75, 3.05) is 13.1 Å². The van der Waals surface area contributed by atoms with Gasteiger partial charge >= 0.3 is 5.69 Å². The van der Waals surface area contributed by atoms with Gasteiger partial charge in [-0.05, 0) is 63.1 Å². The predicted molar refractivity (Wildman–Crippen MR) is 141 cm³/mol. The molecule has 182 valence electrons. The van der Waals surface area contributed by atoms with Gasteiger partial charge in [-0.15, -0.1) is 11.3 Å². The number of aromatic nitrogens is 3. The zero-order valence-corrected chi connectivity index (χ0v) is 21.4. The molecule has 9 heteroatoms. The van der Waals surface area contributed by atoms with Crippen molar-refractivity contribution >= 4 is 33.2 Å². The van der Waals surface area contributed by atoms with Crippen LogP contribution in [0.3, 0.4) is 0 Å². The maximum Gasteiger partial charge on any atom is 0.331 e. The largest absolute Gasteiger partial charge is 0.488 e. The molecule has 0 spiro atoms. The minimum absolute atomic E-state index is 0.0970. The van der Waals surface area contributed by atoms with E-state index in [9.17, 15) is 9.59 Å². The van der Waals surface area contributed by atoms with Gasteiger partial charge in [-0.25, -0.2) is 4.79 Å². The number of ether oxygens (including phenoxy) is 1. The highest BCUT2D eigenvalue weighted by molar-refractivity contribution is 7.19. The molecule has 1 aliphatic rings. The number of nitrogens with zero attached hydrogens (tertiary/aromatic N) is 3. The van der Waals surface area contributed by atoms with Crippen LogP contribution >= 0.6 is 22.9 Å². The number of benzene rings is 1. The monoisotopic (exact) mass is 510 g/mol. The van der Waals surface area contributed by atoms with E-state index >= 15 is 0 Å². The second kappa shape index (κ2) is 9.60. The number of fused-ring (bicyclic) bond motifs is 1. The Morgan fingerprint density at radius 3 is 2.83 bits per heavy atom. The fourth-order valence-electron chi connectivity index (χ4n) is 4.62. The molecule has 0 unspecified atom stereocenters. The van der Waals surface area contributed by atoms with Crippen molar-refractivity contribution in [1.82, 2.24) is 19.4 Å². The van der Waals surface area contributed by atoms with Crippen LogP contribution in [0.15, 0.2) is 52.3 Å². The molecule has 1 saturated heterocycles. The molecule has 0 saturated carbocycles. The lowest BCUT2D eigenvalue weighted by Crippen LogP contribution is -2.39. The number of thiophene rings is 1. The normalized spacial score (nSPS) is 17.0. The first-order valence-corrected chi connectivity index (χ1v) is 12.9. The molecule has 2 atom stereocenters. The Bertz CT molecular complexity index is 1520. The maximum absolute atomic E-state index is 12.7. The van der Waals surface area contributed by atoms with E-state index in [2.05, 4.69) is 10.3 Å². The Balaban J connectivity index is 1.62. The minimum Gasteiger partial charge on any atom is -0.488 e. The summed E-state index contributed by atoms with van der Waals surface area (Å²) in [5.41, 5.74) is 3.00. The lowest BCUT2D eigenvalue weighted by molar-refractivity contribution is 0.167. The molecule has 0 radical (unpaired) electrons. The van der Waals surface area contributed by atoms with Gasteiger partial charge in [0, 0.05) is 53.1 Å². The quantitative estimate of drug-likeness (QED) is 0.427. The van der Waals surface area contributed by atoms with Crippen molar-refractivity contribution in [1.29, 1.82) is 0 Å². The first-order valence-electron chi connectivity index (χ1n) is 11.7. The number of aryl methyl sites for hydroxylation is 2. The summed E-state index contributed by atoms with van der Waals surface area (Å²) in [6.07, 6.45) is 5.44. The Hall–Kier alpha value is -2.94. The Morgan fingerprint density at radius 2 is 2.06 bits per heavy atom. The summed E-state index contributed by atoms with van der Waals surface area (Å²) in [6.45, 7) is 5.70. The number of halogens is 1. The topological polar surface area (TPSA) is 78.2 Å². The fraction of sp³-hybridized carbons (Fsp3) is 0.346. The summed E-state index contributed by atoms with van der Waals surface area (Å²) in [6, 6.07) is 8.77. The molecule has 1 aromatic carbocycles. The van der Waals surface area contributed by atoms with Crippen molar-refractivity contribution in [2.24, 2.45) is 7.05 Å². The lowest BCUT2D eigenvalue weighted by atomic mass is 10.0. The van der Waals surface area contributed by atoms with Gasteiger partial charge in [0.05, 0.1) is 16.3 Å². The van der Waals surface area contributed by atoms with Gasteiger partial charge in [-0.2, -0.15) is 0 Å².